The van der Waals surface area contributed by atoms with Crippen LogP contribution in [0.25, 0.3) is 0 Å². The molecule has 17 heavy (non-hydrogen) atoms. The predicted molar refractivity (Wildman–Crippen MR) is 64.2 cm³/mol. The highest BCUT2D eigenvalue weighted by Crippen LogP contribution is 2.19. The summed E-state index contributed by atoms with van der Waals surface area (Å²) in [5, 5.41) is 0. The van der Waals surface area contributed by atoms with Gasteiger partial charge in [-0.3, -0.25) is 9.59 Å². The van der Waals surface area contributed by atoms with Crippen molar-refractivity contribution in [2.45, 2.75) is 44.7 Å². The van der Waals surface area contributed by atoms with Crippen molar-refractivity contribution in [1.82, 2.24) is 9.80 Å². The smallest absolute Gasteiger partial charge is 0.245 e. The molecule has 0 bridgehead atoms. The molecule has 0 aromatic carbocycles. The number of hydrogen-bond acceptors (Lipinski definition) is 3. The van der Waals surface area contributed by atoms with Gasteiger partial charge < -0.3 is 15.5 Å². The minimum absolute atomic E-state index is 0.0794. The lowest BCUT2D eigenvalue weighted by Gasteiger charge is -2.29. The third-order valence-corrected chi connectivity index (χ3v) is 3.69. The van der Waals surface area contributed by atoms with Gasteiger partial charge in [0.05, 0.1) is 0 Å². The van der Waals surface area contributed by atoms with Gasteiger partial charge in [-0.15, -0.1) is 0 Å². The summed E-state index contributed by atoms with van der Waals surface area (Å²) in [5.41, 5.74) is 5.81. The van der Waals surface area contributed by atoms with Crippen LogP contribution in [-0.4, -0.2) is 53.3 Å². The molecule has 1 unspecified atom stereocenters. The number of nitrogens with two attached hydrogens (primary N) is 1. The fraction of sp³-hybridized carbons (Fsp3) is 0.833. The lowest BCUT2D eigenvalue weighted by Crippen LogP contribution is -2.48. The SMILES string of the molecule is CCC(C(=O)N1CC[C@@H](N)C1)N1CCCC1=O. The number of rotatable bonds is 3. The van der Waals surface area contributed by atoms with E-state index in [0.29, 0.717) is 19.4 Å². The van der Waals surface area contributed by atoms with Crippen molar-refractivity contribution < 1.29 is 9.59 Å². The molecule has 2 amide bonds. The van der Waals surface area contributed by atoms with E-state index in [9.17, 15) is 9.59 Å². The maximum absolute atomic E-state index is 12.3. The number of carbonyl (C=O) groups is 2. The third-order valence-electron chi connectivity index (χ3n) is 3.69. The second kappa shape index (κ2) is 5.04. The molecule has 2 rings (SSSR count). The monoisotopic (exact) mass is 239 g/mol. The topological polar surface area (TPSA) is 66.6 Å². The molecule has 2 aliphatic heterocycles. The van der Waals surface area contributed by atoms with Crippen LogP contribution >= 0.6 is 0 Å². The van der Waals surface area contributed by atoms with E-state index >= 15 is 0 Å². The zero-order chi connectivity index (χ0) is 12.4. The average Bonchev–Trinajstić information content (AvgIpc) is 2.90. The van der Waals surface area contributed by atoms with Gasteiger partial charge in [0, 0.05) is 32.1 Å². The van der Waals surface area contributed by atoms with Crippen LogP contribution in [0.3, 0.4) is 0 Å². The van der Waals surface area contributed by atoms with Gasteiger partial charge in [-0.05, 0) is 19.3 Å². The van der Waals surface area contributed by atoms with Crippen molar-refractivity contribution in [2.75, 3.05) is 19.6 Å². The molecule has 5 nitrogen and oxygen atoms in total. The summed E-state index contributed by atoms with van der Waals surface area (Å²) >= 11 is 0. The Morgan fingerprint density at radius 1 is 1.53 bits per heavy atom. The molecule has 2 aliphatic rings. The second-order valence-electron chi connectivity index (χ2n) is 4.95. The lowest BCUT2D eigenvalue weighted by atomic mass is 10.1. The Hall–Kier alpha value is -1.10. The molecule has 0 aliphatic carbocycles. The fourth-order valence-electron chi connectivity index (χ4n) is 2.73. The number of amides is 2. The van der Waals surface area contributed by atoms with E-state index in [4.69, 9.17) is 5.73 Å². The van der Waals surface area contributed by atoms with Crippen molar-refractivity contribution in [3.8, 4) is 0 Å². The Balaban J connectivity index is 2.02. The van der Waals surface area contributed by atoms with Crippen molar-refractivity contribution in [2.24, 2.45) is 5.73 Å². The molecule has 96 valence electrons. The van der Waals surface area contributed by atoms with Gasteiger partial charge in [-0.1, -0.05) is 6.92 Å². The molecule has 2 heterocycles. The normalized spacial score (nSPS) is 26.7. The summed E-state index contributed by atoms with van der Waals surface area (Å²) in [5.74, 6) is 0.199. The molecule has 0 aromatic heterocycles. The van der Waals surface area contributed by atoms with Crippen LogP contribution < -0.4 is 5.73 Å². The number of nitrogens with zero attached hydrogens (tertiary/aromatic N) is 2. The summed E-state index contributed by atoms with van der Waals surface area (Å²) in [4.78, 5) is 27.6. The molecule has 0 spiro atoms. The summed E-state index contributed by atoms with van der Waals surface area (Å²) in [6.07, 6.45) is 3.03. The van der Waals surface area contributed by atoms with Gasteiger partial charge in [0.15, 0.2) is 0 Å². The van der Waals surface area contributed by atoms with Crippen molar-refractivity contribution in [1.29, 1.82) is 0 Å². The minimum atomic E-state index is -0.268. The van der Waals surface area contributed by atoms with Crippen LogP contribution in [0.2, 0.25) is 0 Å². The Labute approximate surface area is 102 Å². The molecule has 5 heteroatoms. The molecular weight excluding hydrogens is 218 g/mol. The minimum Gasteiger partial charge on any atom is -0.339 e. The van der Waals surface area contributed by atoms with E-state index in [1.54, 1.807) is 4.90 Å². The van der Waals surface area contributed by atoms with Gasteiger partial charge in [-0.2, -0.15) is 0 Å². The molecular formula is C12H21N3O2. The quantitative estimate of drug-likeness (QED) is 0.750. The maximum Gasteiger partial charge on any atom is 0.245 e. The van der Waals surface area contributed by atoms with Gasteiger partial charge in [0.2, 0.25) is 11.8 Å². The highest BCUT2D eigenvalue weighted by Gasteiger charge is 2.35. The molecule has 0 radical (unpaired) electrons. The van der Waals surface area contributed by atoms with Gasteiger partial charge >= 0.3 is 0 Å². The van der Waals surface area contributed by atoms with Crippen molar-refractivity contribution >= 4 is 11.8 Å². The molecule has 2 N–H and O–H groups in total. The van der Waals surface area contributed by atoms with Crippen LogP contribution in [-0.2, 0) is 9.59 Å². The van der Waals surface area contributed by atoms with Gasteiger partial charge in [-0.25, -0.2) is 0 Å². The Kier molecular flexibility index (Phi) is 3.66. The van der Waals surface area contributed by atoms with Crippen molar-refractivity contribution in [3.63, 3.8) is 0 Å². The molecule has 2 saturated heterocycles. The van der Waals surface area contributed by atoms with E-state index in [1.807, 2.05) is 11.8 Å². The highest BCUT2D eigenvalue weighted by molar-refractivity contribution is 5.88. The van der Waals surface area contributed by atoms with E-state index in [-0.39, 0.29) is 23.9 Å². The first-order valence-electron chi connectivity index (χ1n) is 6.47. The third kappa shape index (κ3) is 2.44. The summed E-state index contributed by atoms with van der Waals surface area (Å²) in [6, 6.07) is -0.166. The summed E-state index contributed by atoms with van der Waals surface area (Å²) in [6.45, 7) is 4.06. The van der Waals surface area contributed by atoms with E-state index in [0.717, 1.165) is 25.9 Å². The first-order chi connectivity index (χ1) is 8.13. The standard InChI is InChI=1S/C12H21N3O2/c1-2-10(15-6-3-4-11(15)16)12(17)14-7-5-9(13)8-14/h9-10H,2-8,13H2,1H3/t9-,10?/m1/s1. The second-order valence-corrected chi connectivity index (χ2v) is 4.95. The molecule has 2 atom stereocenters. The Bertz CT molecular complexity index is 319. The molecule has 0 aromatic rings. The Morgan fingerprint density at radius 2 is 2.29 bits per heavy atom. The molecule has 0 saturated carbocycles. The van der Waals surface area contributed by atoms with Crippen LogP contribution in [0.15, 0.2) is 0 Å². The lowest BCUT2D eigenvalue weighted by molar-refractivity contribution is -0.143. The van der Waals surface area contributed by atoms with Crippen LogP contribution in [0.1, 0.15) is 32.6 Å². The number of carbonyl (C=O) groups excluding carboxylic acids is 2. The highest BCUT2D eigenvalue weighted by atomic mass is 16.2. The number of hydrogen-bond donors (Lipinski definition) is 1. The average molecular weight is 239 g/mol. The summed E-state index contributed by atoms with van der Waals surface area (Å²) < 4.78 is 0. The first-order valence-corrected chi connectivity index (χ1v) is 6.47. The van der Waals surface area contributed by atoms with E-state index < -0.39 is 0 Å². The van der Waals surface area contributed by atoms with E-state index in [2.05, 4.69) is 0 Å². The summed E-state index contributed by atoms with van der Waals surface area (Å²) in [7, 11) is 0. The number of likely N-dealkylation sites (tertiary alicyclic amines) is 2. The van der Waals surface area contributed by atoms with Gasteiger partial charge in [0.25, 0.3) is 0 Å². The van der Waals surface area contributed by atoms with Crippen LogP contribution in [0.4, 0.5) is 0 Å². The Morgan fingerprint density at radius 3 is 2.76 bits per heavy atom. The molecule has 2 fully saturated rings. The fourth-order valence-corrected chi connectivity index (χ4v) is 2.73. The zero-order valence-electron chi connectivity index (χ0n) is 10.4. The van der Waals surface area contributed by atoms with Crippen LogP contribution in [0.5, 0.6) is 0 Å². The van der Waals surface area contributed by atoms with Crippen LogP contribution in [0, 0.1) is 0 Å². The van der Waals surface area contributed by atoms with Gasteiger partial charge in [0.1, 0.15) is 6.04 Å². The zero-order valence-corrected chi connectivity index (χ0v) is 10.4. The van der Waals surface area contributed by atoms with Crippen molar-refractivity contribution in [3.05, 3.63) is 0 Å². The largest absolute Gasteiger partial charge is 0.339 e. The maximum atomic E-state index is 12.3. The van der Waals surface area contributed by atoms with E-state index in [1.165, 1.54) is 0 Å². The predicted octanol–water partition coefficient (Wildman–Crippen LogP) is -0.0530. The first kappa shape index (κ1) is 12.4.